The maximum absolute atomic E-state index is 6.47. The van der Waals surface area contributed by atoms with Gasteiger partial charge in [0.1, 0.15) is 22.3 Å². The van der Waals surface area contributed by atoms with Gasteiger partial charge in [0.05, 0.1) is 10.9 Å². The lowest BCUT2D eigenvalue weighted by molar-refractivity contribution is 0.669. The highest BCUT2D eigenvalue weighted by molar-refractivity contribution is 7.25. The van der Waals surface area contributed by atoms with Gasteiger partial charge in [0, 0.05) is 77.1 Å². The van der Waals surface area contributed by atoms with E-state index < -0.39 is 0 Å². The number of hydrogen-bond acceptors (Lipinski definition) is 5. The third kappa shape index (κ3) is 3.41. The van der Waals surface area contributed by atoms with Crippen LogP contribution in [0.3, 0.4) is 0 Å². The first-order chi connectivity index (χ1) is 21.8. The second-order valence-corrected chi connectivity index (χ2v) is 12.3. The quantitative estimate of drug-likeness (QED) is 0.208. The normalized spacial score (nSPS) is 12.1. The summed E-state index contributed by atoms with van der Waals surface area (Å²) in [4.78, 5) is 6.99. The van der Waals surface area contributed by atoms with E-state index in [0.29, 0.717) is 0 Å². The number of thiophene rings is 1. The molecule has 10 aromatic rings. The van der Waals surface area contributed by atoms with Crippen molar-refractivity contribution in [3.05, 3.63) is 134 Å². The predicted molar refractivity (Wildman–Crippen MR) is 184 cm³/mol. The largest absolute Gasteiger partial charge is 0.456 e. The van der Waals surface area contributed by atoms with E-state index >= 15 is 0 Å². The highest BCUT2D eigenvalue weighted by atomic mass is 32.1. The van der Waals surface area contributed by atoms with Gasteiger partial charge < -0.3 is 13.7 Å². The number of pyridine rings is 1. The third-order valence-corrected chi connectivity index (χ3v) is 9.84. The van der Waals surface area contributed by atoms with Crippen molar-refractivity contribution in [3.63, 3.8) is 0 Å². The van der Waals surface area contributed by atoms with Crippen LogP contribution in [0.2, 0.25) is 0 Å². The minimum atomic E-state index is 0.826. The van der Waals surface area contributed by atoms with E-state index in [1.807, 2.05) is 41.8 Å². The Morgan fingerprint density at radius 3 is 2.07 bits per heavy atom. The smallest absolute Gasteiger partial charge is 0.137 e. The Balaban J connectivity index is 1.22. The minimum absolute atomic E-state index is 0.826. The van der Waals surface area contributed by atoms with Gasteiger partial charge >= 0.3 is 0 Å². The molecule has 10 rings (SSSR count). The summed E-state index contributed by atoms with van der Waals surface area (Å²) in [5.41, 5.74) is 7.45. The highest BCUT2D eigenvalue weighted by Gasteiger charge is 2.19. The number of aromatic nitrogens is 1. The van der Waals surface area contributed by atoms with Crippen LogP contribution in [-0.4, -0.2) is 4.98 Å². The van der Waals surface area contributed by atoms with Crippen molar-refractivity contribution < 1.29 is 8.83 Å². The van der Waals surface area contributed by atoms with Gasteiger partial charge in [0.2, 0.25) is 0 Å². The number of nitrogens with zero attached hydrogens (tertiary/aromatic N) is 2. The van der Waals surface area contributed by atoms with Crippen LogP contribution in [0.25, 0.3) is 75.0 Å². The molecule has 0 atom stereocenters. The zero-order chi connectivity index (χ0) is 28.8. The molecule has 4 nitrogen and oxygen atoms in total. The fourth-order valence-corrected chi connectivity index (χ4v) is 7.77. The molecule has 0 aliphatic rings. The summed E-state index contributed by atoms with van der Waals surface area (Å²) in [5, 5.41) is 7.95. The number of anilines is 3. The Kier molecular flexibility index (Phi) is 4.84. The average molecular weight is 583 g/mol. The van der Waals surface area contributed by atoms with Crippen LogP contribution in [0.1, 0.15) is 0 Å². The topological polar surface area (TPSA) is 42.4 Å². The number of benzene rings is 6. The van der Waals surface area contributed by atoms with Gasteiger partial charge in [0.15, 0.2) is 0 Å². The molecule has 206 valence electrons. The molecule has 0 aliphatic heterocycles. The monoisotopic (exact) mass is 582 g/mol. The van der Waals surface area contributed by atoms with E-state index in [9.17, 15) is 0 Å². The highest BCUT2D eigenvalue weighted by Crippen LogP contribution is 2.44. The second kappa shape index (κ2) is 8.93. The number of fused-ring (bicyclic) bond motifs is 11. The molecular weight excluding hydrogens is 561 g/mol. The van der Waals surface area contributed by atoms with Crippen molar-refractivity contribution in [3.8, 4) is 0 Å². The Bertz CT molecular complexity index is 2750. The van der Waals surface area contributed by atoms with Crippen LogP contribution in [-0.2, 0) is 0 Å². The van der Waals surface area contributed by atoms with Gasteiger partial charge in [-0.3, -0.25) is 4.98 Å². The van der Waals surface area contributed by atoms with E-state index in [1.165, 1.54) is 20.2 Å². The fourth-order valence-electron chi connectivity index (χ4n) is 6.69. The number of hydrogen-bond donors (Lipinski definition) is 0. The zero-order valence-electron chi connectivity index (χ0n) is 23.3. The summed E-state index contributed by atoms with van der Waals surface area (Å²) in [6.45, 7) is 0. The molecule has 0 aliphatic carbocycles. The second-order valence-electron chi connectivity index (χ2n) is 11.2. The third-order valence-electron chi connectivity index (χ3n) is 8.69. The van der Waals surface area contributed by atoms with Crippen molar-refractivity contribution in [1.29, 1.82) is 0 Å². The van der Waals surface area contributed by atoms with E-state index in [4.69, 9.17) is 13.8 Å². The molecule has 0 radical (unpaired) electrons. The zero-order valence-corrected chi connectivity index (χ0v) is 24.1. The molecule has 0 bridgehead atoms. The molecule has 6 aromatic carbocycles. The number of furan rings is 2. The SMILES string of the molecule is c1cnc2c(c1)ccc1oc3cc(N(c4ccc5c(c4)oc4ccccc45)c4ccc5sc6ccccc6c5c4)ccc3c12. The Hall–Kier alpha value is -5.65. The molecule has 0 unspecified atom stereocenters. The van der Waals surface area contributed by atoms with Gasteiger partial charge in [-0.05, 0) is 72.8 Å². The summed E-state index contributed by atoms with van der Waals surface area (Å²) in [6, 6.07) is 44.7. The lowest BCUT2D eigenvalue weighted by Crippen LogP contribution is -2.09. The Morgan fingerprint density at radius 1 is 0.477 bits per heavy atom. The maximum Gasteiger partial charge on any atom is 0.137 e. The molecule has 0 N–H and O–H groups in total. The van der Waals surface area contributed by atoms with E-state index in [0.717, 1.165) is 71.8 Å². The first-order valence-electron chi connectivity index (χ1n) is 14.6. The summed E-state index contributed by atoms with van der Waals surface area (Å²) >= 11 is 1.83. The summed E-state index contributed by atoms with van der Waals surface area (Å²) in [6.07, 6.45) is 1.84. The van der Waals surface area contributed by atoms with E-state index in [2.05, 4.69) is 108 Å². The molecule has 5 heteroatoms. The number of para-hydroxylation sites is 1. The van der Waals surface area contributed by atoms with Crippen molar-refractivity contribution in [2.24, 2.45) is 0 Å². The van der Waals surface area contributed by atoms with Crippen molar-refractivity contribution in [2.75, 3.05) is 4.90 Å². The van der Waals surface area contributed by atoms with Gasteiger partial charge in [-0.25, -0.2) is 0 Å². The van der Waals surface area contributed by atoms with Crippen LogP contribution in [0, 0.1) is 0 Å². The maximum atomic E-state index is 6.47. The van der Waals surface area contributed by atoms with Gasteiger partial charge in [-0.2, -0.15) is 0 Å². The number of rotatable bonds is 3. The molecular formula is C39H22N2O2S. The molecule has 44 heavy (non-hydrogen) atoms. The summed E-state index contributed by atoms with van der Waals surface area (Å²) < 4.78 is 15.4. The fraction of sp³-hybridized carbons (Fsp3) is 0. The van der Waals surface area contributed by atoms with Gasteiger partial charge in [0.25, 0.3) is 0 Å². The molecule has 4 aromatic heterocycles. The van der Waals surface area contributed by atoms with Crippen molar-refractivity contribution in [2.45, 2.75) is 0 Å². The van der Waals surface area contributed by atoms with Gasteiger partial charge in [-0.15, -0.1) is 11.3 Å². The first kappa shape index (κ1) is 23.9. The summed E-state index contributed by atoms with van der Waals surface area (Å²) in [7, 11) is 0. The predicted octanol–water partition coefficient (Wildman–Crippen LogP) is 11.9. The standard InChI is InChI=1S/C39H22N2O2S/c1-3-9-32-27(7-1)28-15-12-25(21-34(28)42-32)41(24-14-18-37-31(20-24)29-8-2-4-10-36(29)44-37)26-13-16-30-35(22-26)43-33-17-11-23-6-5-19-40-39(23)38(30)33/h1-22H. The Morgan fingerprint density at radius 2 is 1.16 bits per heavy atom. The van der Waals surface area contributed by atoms with Crippen LogP contribution in [0.15, 0.2) is 142 Å². The minimum Gasteiger partial charge on any atom is -0.456 e. The van der Waals surface area contributed by atoms with Crippen LogP contribution in [0.4, 0.5) is 17.1 Å². The lowest BCUT2D eigenvalue weighted by atomic mass is 10.1. The van der Waals surface area contributed by atoms with E-state index in [1.54, 1.807) is 0 Å². The van der Waals surface area contributed by atoms with Crippen molar-refractivity contribution >= 4 is 103 Å². The average Bonchev–Trinajstić information content (AvgIpc) is 3.75. The van der Waals surface area contributed by atoms with Crippen LogP contribution in [0.5, 0.6) is 0 Å². The molecule has 0 saturated carbocycles. The molecule has 0 saturated heterocycles. The molecule has 4 heterocycles. The van der Waals surface area contributed by atoms with Crippen LogP contribution < -0.4 is 4.90 Å². The summed E-state index contributed by atoms with van der Waals surface area (Å²) in [5.74, 6) is 0. The van der Waals surface area contributed by atoms with Gasteiger partial charge in [-0.1, -0.05) is 42.5 Å². The van der Waals surface area contributed by atoms with Crippen LogP contribution >= 0.6 is 11.3 Å². The van der Waals surface area contributed by atoms with E-state index in [-0.39, 0.29) is 0 Å². The lowest BCUT2D eigenvalue weighted by Gasteiger charge is -2.25. The molecule has 0 spiro atoms. The molecule has 0 fully saturated rings. The first-order valence-corrected chi connectivity index (χ1v) is 15.4. The molecule has 0 amide bonds. The Labute approximate surface area is 255 Å². The van der Waals surface area contributed by atoms with Crippen molar-refractivity contribution in [1.82, 2.24) is 4.98 Å².